The van der Waals surface area contributed by atoms with Gasteiger partial charge in [-0.3, -0.25) is 9.78 Å². The molecule has 0 atom stereocenters. The fourth-order valence-electron chi connectivity index (χ4n) is 1.67. The Morgan fingerprint density at radius 2 is 1.94 bits per heavy atom. The molecule has 0 amide bonds. The molecule has 0 spiro atoms. The predicted octanol–water partition coefficient (Wildman–Crippen LogP) is 3.17. The van der Waals surface area contributed by atoms with Gasteiger partial charge in [-0.15, -0.1) is 0 Å². The second kappa shape index (κ2) is 5.45. The Labute approximate surface area is 106 Å². The van der Waals surface area contributed by atoms with Crippen molar-refractivity contribution in [2.24, 2.45) is 0 Å². The van der Waals surface area contributed by atoms with Gasteiger partial charge in [-0.25, -0.2) is 0 Å². The molecule has 3 nitrogen and oxygen atoms in total. The minimum Gasteiger partial charge on any atom is -0.489 e. The molecule has 18 heavy (non-hydrogen) atoms. The van der Waals surface area contributed by atoms with Gasteiger partial charge in [0.1, 0.15) is 12.4 Å². The Hall–Kier alpha value is -2.16. The fraction of sp³-hybridized carbons (Fsp3) is 0.200. The van der Waals surface area contributed by atoms with Gasteiger partial charge in [0.15, 0.2) is 5.78 Å². The largest absolute Gasteiger partial charge is 0.489 e. The zero-order valence-electron chi connectivity index (χ0n) is 10.5. The van der Waals surface area contributed by atoms with E-state index in [1.54, 1.807) is 25.4 Å². The minimum absolute atomic E-state index is 0.0683. The van der Waals surface area contributed by atoms with E-state index in [1.165, 1.54) is 0 Å². The van der Waals surface area contributed by atoms with E-state index in [0.717, 1.165) is 16.9 Å². The Bertz CT molecular complexity index is 550. The van der Waals surface area contributed by atoms with Crippen molar-refractivity contribution >= 4 is 5.78 Å². The van der Waals surface area contributed by atoms with Crippen LogP contribution in [0.3, 0.4) is 0 Å². The summed E-state index contributed by atoms with van der Waals surface area (Å²) >= 11 is 0. The molecule has 0 aliphatic carbocycles. The van der Waals surface area contributed by atoms with Crippen molar-refractivity contribution in [3.8, 4) is 5.75 Å². The molecule has 1 heterocycles. The Morgan fingerprint density at radius 3 is 2.56 bits per heavy atom. The van der Waals surface area contributed by atoms with E-state index in [2.05, 4.69) is 4.98 Å². The van der Waals surface area contributed by atoms with Crippen LogP contribution in [0, 0.1) is 6.92 Å². The standard InChI is InChI=1S/C15H15NO2/c1-11-9-14(12(2)17)3-4-15(11)18-10-13-5-7-16-8-6-13/h3-9H,10H2,1-2H3. The molecule has 0 saturated heterocycles. The highest BCUT2D eigenvalue weighted by Gasteiger charge is 2.04. The third-order valence-electron chi connectivity index (χ3n) is 2.73. The molecule has 0 radical (unpaired) electrons. The molecule has 0 fully saturated rings. The summed E-state index contributed by atoms with van der Waals surface area (Å²) in [6, 6.07) is 9.31. The Kier molecular flexibility index (Phi) is 3.72. The smallest absolute Gasteiger partial charge is 0.159 e. The van der Waals surface area contributed by atoms with E-state index in [9.17, 15) is 4.79 Å². The maximum Gasteiger partial charge on any atom is 0.159 e. The third-order valence-corrected chi connectivity index (χ3v) is 2.73. The molecule has 1 aromatic carbocycles. The number of ether oxygens (including phenoxy) is 1. The van der Waals surface area contributed by atoms with Crippen molar-refractivity contribution in [1.29, 1.82) is 0 Å². The summed E-state index contributed by atoms with van der Waals surface area (Å²) in [7, 11) is 0. The van der Waals surface area contributed by atoms with Gasteiger partial charge in [0.05, 0.1) is 0 Å². The fourth-order valence-corrected chi connectivity index (χ4v) is 1.67. The first-order valence-electron chi connectivity index (χ1n) is 5.80. The highest BCUT2D eigenvalue weighted by Crippen LogP contribution is 2.20. The molecule has 0 saturated carbocycles. The number of carbonyl (C=O) groups excluding carboxylic acids is 1. The number of nitrogens with zero attached hydrogens (tertiary/aromatic N) is 1. The first-order valence-corrected chi connectivity index (χ1v) is 5.80. The van der Waals surface area contributed by atoms with Crippen LogP contribution in [-0.2, 0) is 6.61 Å². The number of carbonyl (C=O) groups is 1. The number of pyridine rings is 1. The molecule has 92 valence electrons. The van der Waals surface area contributed by atoms with Gasteiger partial charge in [0.25, 0.3) is 0 Å². The molecule has 0 aliphatic heterocycles. The maximum absolute atomic E-state index is 11.2. The lowest BCUT2D eigenvalue weighted by Crippen LogP contribution is -1.99. The monoisotopic (exact) mass is 241 g/mol. The normalized spacial score (nSPS) is 10.1. The van der Waals surface area contributed by atoms with E-state index in [1.807, 2.05) is 31.2 Å². The van der Waals surface area contributed by atoms with Gasteiger partial charge >= 0.3 is 0 Å². The minimum atomic E-state index is 0.0683. The quantitative estimate of drug-likeness (QED) is 0.772. The zero-order chi connectivity index (χ0) is 13.0. The summed E-state index contributed by atoms with van der Waals surface area (Å²) in [6.07, 6.45) is 3.48. The molecule has 0 aliphatic rings. The van der Waals surface area contributed by atoms with Crippen molar-refractivity contribution in [3.63, 3.8) is 0 Å². The van der Waals surface area contributed by atoms with E-state index >= 15 is 0 Å². The molecule has 2 rings (SSSR count). The summed E-state index contributed by atoms with van der Waals surface area (Å²) in [5.41, 5.74) is 2.75. The van der Waals surface area contributed by atoms with Crippen molar-refractivity contribution in [1.82, 2.24) is 4.98 Å². The van der Waals surface area contributed by atoms with Crippen molar-refractivity contribution < 1.29 is 9.53 Å². The van der Waals surface area contributed by atoms with Crippen molar-refractivity contribution in [2.75, 3.05) is 0 Å². The number of benzene rings is 1. The van der Waals surface area contributed by atoms with Crippen LogP contribution in [-0.4, -0.2) is 10.8 Å². The average Bonchev–Trinajstić information content (AvgIpc) is 2.38. The third kappa shape index (κ3) is 2.94. The van der Waals surface area contributed by atoms with E-state index < -0.39 is 0 Å². The average molecular weight is 241 g/mol. The summed E-state index contributed by atoms with van der Waals surface area (Å²) in [5.74, 6) is 0.871. The number of hydrogen-bond donors (Lipinski definition) is 0. The molecule has 0 bridgehead atoms. The van der Waals surface area contributed by atoms with Crippen LogP contribution in [0.15, 0.2) is 42.7 Å². The van der Waals surface area contributed by atoms with Crippen LogP contribution in [0.1, 0.15) is 28.4 Å². The van der Waals surface area contributed by atoms with Crippen molar-refractivity contribution in [2.45, 2.75) is 20.5 Å². The zero-order valence-corrected chi connectivity index (χ0v) is 10.5. The molecule has 3 heteroatoms. The SMILES string of the molecule is CC(=O)c1ccc(OCc2ccncc2)c(C)c1. The molecule has 1 aromatic heterocycles. The molecule has 0 unspecified atom stereocenters. The highest BCUT2D eigenvalue weighted by molar-refractivity contribution is 5.94. The second-order valence-corrected chi connectivity index (χ2v) is 4.18. The van der Waals surface area contributed by atoms with E-state index in [4.69, 9.17) is 4.74 Å². The molecule has 2 aromatic rings. The van der Waals surface area contributed by atoms with E-state index in [0.29, 0.717) is 12.2 Å². The summed E-state index contributed by atoms with van der Waals surface area (Å²) in [5, 5.41) is 0. The number of hydrogen-bond acceptors (Lipinski definition) is 3. The van der Waals surface area contributed by atoms with Gasteiger partial charge < -0.3 is 4.74 Å². The van der Waals surface area contributed by atoms with Crippen LogP contribution in [0.5, 0.6) is 5.75 Å². The lowest BCUT2D eigenvalue weighted by Gasteiger charge is -2.09. The van der Waals surface area contributed by atoms with Gasteiger partial charge in [-0.2, -0.15) is 0 Å². The summed E-state index contributed by atoms with van der Waals surface area (Å²) < 4.78 is 5.72. The van der Waals surface area contributed by atoms with Gasteiger partial charge in [-0.05, 0) is 55.3 Å². The number of rotatable bonds is 4. The number of ketones is 1. The van der Waals surface area contributed by atoms with Gasteiger partial charge in [-0.1, -0.05) is 0 Å². The molecular weight excluding hydrogens is 226 g/mol. The van der Waals surface area contributed by atoms with Crippen LogP contribution in [0.2, 0.25) is 0 Å². The molecule has 0 N–H and O–H groups in total. The van der Waals surface area contributed by atoms with Crippen LogP contribution >= 0.6 is 0 Å². The first kappa shape index (κ1) is 12.3. The summed E-state index contributed by atoms with van der Waals surface area (Å²) in [4.78, 5) is 15.2. The number of Topliss-reactive ketones (excluding diaryl/α,β-unsaturated/α-hetero) is 1. The van der Waals surface area contributed by atoms with Crippen LogP contribution in [0.25, 0.3) is 0 Å². The second-order valence-electron chi connectivity index (χ2n) is 4.18. The van der Waals surface area contributed by atoms with Crippen molar-refractivity contribution in [3.05, 3.63) is 59.4 Å². The molecular formula is C15H15NO2. The number of aryl methyl sites for hydroxylation is 1. The van der Waals surface area contributed by atoms with Gasteiger partial charge in [0, 0.05) is 18.0 Å². The highest BCUT2D eigenvalue weighted by atomic mass is 16.5. The van der Waals surface area contributed by atoms with Crippen LogP contribution in [0.4, 0.5) is 0 Å². The first-order chi connectivity index (χ1) is 8.66. The topological polar surface area (TPSA) is 39.2 Å². The van der Waals surface area contributed by atoms with Crippen LogP contribution < -0.4 is 4.74 Å². The lowest BCUT2D eigenvalue weighted by molar-refractivity contribution is 0.101. The van der Waals surface area contributed by atoms with Gasteiger partial charge in [0.2, 0.25) is 0 Å². The number of aromatic nitrogens is 1. The van der Waals surface area contributed by atoms with E-state index in [-0.39, 0.29) is 5.78 Å². The predicted molar refractivity (Wildman–Crippen MR) is 69.8 cm³/mol. The Morgan fingerprint density at radius 1 is 1.22 bits per heavy atom. The lowest BCUT2D eigenvalue weighted by atomic mass is 10.1. The summed E-state index contributed by atoms with van der Waals surface area (Å²) in [6.45, 7) is 4.00. The maximum atomic E-state index is 11.2. The Balaban J connectivity index is 2.08.